The van der Waals surface area contributed by atoms with Crippen molar-refractivity contribution in [2.75, 3.05) is 33.5 Å². The van der Waals surface area contributed by atoms with E-state index in [1.54, 1.807) is 19.4 Å². The second-order valence-electron chi connectivity index (χ2n) is 7.09. The van der Waals surface area contributed by atoms with E-state index in [-0.39, 0.29) is 17.2 Å². The minimum absolute atomic E-state index is 0.200. The van der Waals surface area contributed by atoms with E-state index in [0.29, 0.717) is 38.1 Å². The Morgan fingerprint density at radius 2 is 1.89 bits per heavy atom. The fourth-order valence-corrected chi connectivity index (χ4v) is 2.51. The molecule has 2 rings (SSSR count). The summed E-state index contributed by atoms with van der Waals surface area (Å²) in [6.07, 6.45) is 2.13. The van der Waals surface area contributed by atoms with Crippen molar-refractivity contribution in [3.8, 4) is 5.88 Å². The fraction of sp³-hybridized carbons (Fsp3) is 0.579. The molecule has 2 heterocycles. The van der Waals surface area contributed by atoms with Crippen LogP contribution in [-0.2, 0) is 20.8 Å². The molecule has 1 unspecified atom stereocenters. The Kier molecular flexibility index (Phi) is 8.50. The average Bonchev–Trinajstić information content (AvgIpc) is 2.65. The Balaban J connectivity index is 1.80. The molecule has 1 aliphatic rings. The highest BCUT2D eigenvalue weighted by Gasteiger charge is 2.32. The van der Waals surface area contributed by atoms with Crippen LogP contribution in [0.5, 0.6) is 5.88 Å². The zero-order valence-electron chi connectivity index (χ0n) is 16.7. The Morgan fingerprint density at radius 1 is 1.14 bits per heavy atom. The number of halogens is 1. The van der Waals surface area contributed by atoms with Gasteiger partial charge in [-0.15, -0.1) is 0 Å². The van der Waals surface area contributed by atoms with Crippen LogP contribution in [0, 0.1) is 0 Å². The maximum atomic E-state index is 10.3. The van der Waals surface area contributed by atoms with Crippen molar-refractivity contribution in [2.24, 2.45) is 5.10 Å². The lowest BCUT2D eigenvalue weighted by molar-refractivity contribution is -0.0264. The lowest BCUT2D eigenvalue weighted by Crippen LogP contribution is -2.46. The molecule has 8 nitrogen and oxygen atoms in total. The minimum Gasteiger partial charge on any atom is -0.486 e. The van der Waals surface area contributed by atoms with Gasteiger partial charge in [-0.2, -0.15) is 5.10 Å². The van der Waals surface area contributed by atoms with E-state index in [1.165, 1.54) is 11.2 Å². The molecule has 1 aromatic rings. The highest BCUT2D eigenvalue weighted by atomic mass is 35.5. The van der Waals surface area contributed by atoms with Crippen LogP contribution in [0.1, 0.15) is 26.3 Å². The molecule has 28 heavy (non-hydrogen) atoms. The van der Waals surface area contributed by atoms with E-state index in [4.69, 9.17) is 30.5 Å². The van der Waals surface area contributed by atoms with Crippen molar-refractivity contribution in [2.45, 2.75) is 39.1 Å². The summed E-state index contributed by atoms with van der Waals surface area (Å²) in [5.41, 5.74) is 0.470. The van der Waals surface area contributed by atoms with Crippen LogP contribution < -0.4 is 4.74 Å². The summed E-state index contributed by atoms with van der Waals surface area (Å²) in [6, 6.07) is 3.61. The van der Waals surface area contributed by atoms with Crippen LogP contribution in [0.2, 0.25) is 0 Å². The standard InChI is InChI=1S/C19H28ClN3O5/c1-19(2,3)23-18(24)17(20)15(12-22-23)28-13-14-5-6-16(21-11-14)27-10-9-26-8-7-25-4/h5-6,11-12,18,24H,7-10,13H2,1-4H3. The van der Waals surface area contributed by atoms with Gasteiger partial charge >= 0.3 is 0 Å². The number of hydrogen-bond donors (Lipinski definition) is 1. The molecule has 0 amide bonds. The van der Waals surface area contributed by atoms with Gasteiger partial charge in [0.25, 0.3) is 0 Å². The molecule has 0 fully saturated rings. The van der Waals surface area contributed by atoms with Crippen LogP contribution in [0.15, 0.2) is 34.2 Å². The van der Waals surface area contributed by atoms with E-state index in [1.807, 2.05) is 26.8 Å². The number of rotatable bonds is 10. The van der Waals surface area contributed by atoms with E-state index in [9.17, 15) is 5.11 Å². The number of nitrogens with zero attached hydrogens (tertiary/aromatic N) is 3. The van der Waals surface area contributed by atoms with Crippen LogP contribution in [-0.4, -0.2) is 66.6 Å². The van der Waals surface area contributed by atoms with Gasteiger partial charge in [0, 0.05) is 24.9 Å². The smallest absolute Gasteiger partial charge is 0.213 e. The molecule has 156 valence electrons. The van der Waals surface area contributed by atoms with E-state index >= 15 is 0 Å². The highest BCUT2D eigenvalue weighted by molar-refractivity contribution is 6.31. The highest BCUT2D eigenvalue weighted by Crippen LogP contribution is 2.28. The first-order chi connectivity index (χ1) is 13.3. The normalized spacial score (nSPS) is 17.2. The third-order valence-corrected chi connectivity index (χ3v) is 4.16. The first kappa shape index (κ1) is 22.4. The van der Waals surface area contributed by atoms with Crippen molar-refractivity contribution in [1.29, 1.82) is 0 Å². The molecule has 0 radical (unpaired) electrons. The van der Waals surface area contributed by atoms with Crippen LogP contribution >= 0.6 is 11.6 Å². The second kappa shape index (κ2) is 10.6. The minimum atomic E-state index is -1.04. The molecule has 1 aromatic heterocycles. The third-order valence-electron chi connectivity index (χ3n) is 3.78. The van der Waals surface area contributed by atoms with Gasteiger partial charge in [0.2, 0.25) is 5.88 Å². The molecule has 9 heteroatoms. The molecule has 1 aliphatic heterocycles. The van der Waals surface area contributed by atoms with Crippen molar-refractivity contribution in [1.82, 2.24) is 9.99 Å². The Morgan fingerprint density at radius 3 is 2.54 bits per heavy atom. The van der Waals surface area contributed by atoms with Gasteiger partial charge in [0.15, 0.2) is 12.0 Å². The summed E-state index contributed by atoms with van der Waals surface area (Å²) in [5, 5.41) is 16.3. The number of aliphatic hydroxyl groups excluding tert-OH is 1. The number of hydrogen-bond acceptors (Lipinski definition) is 8. The number of ether oxygens (including phenoxy) is 4. The molecule has 1 N–H and O–H groups in total. The zero-order valence-corrected chi connectivity index (χ0v) is 17.5. The summed E-state index contributed by atoms with van der Waals surface area (Å²) >= 11 is 6.24. The Hall–Kier alpha value is -1.87. The molecule has 0 spiro atoms. The van der Waals surface area contributed by atoms with Gasteiger partial charge < -0.3 is 24.1 Å². The molecule has 1 atom stereocenters. The Labute approximate surface area is 170 Å². The molecular formula is C19H28ClN3O5. The molecule has 0 aromatic carbocycles. The number of hydrazone groups is 1. The lowest BCUT2D eigenvalue weighted by Gasteiger charge is -2.38. The predicted octanol–water partition coefficient (Wildman–Crippen LogP) is 2.51. The van der Waals surface area contributed by atoms with Crippen molar-refractivity contribution >= 4 is 17.8 Å². The van der Waals surface area contributed by atoms with Gasteiger partial charge in [-0.1, -0.05) is 11.6 Å². The van der Waals surface area contributed by atoms with Gasteiger partial charge in [0.05, 0.1) is 31.6 Å². The Bertz CT molecular complexity index is 673. The molecule has 0 saturated heterocycles. The largest absolute Gasteiger partial charge is 0.486 e. The van der Waals surface area contributed by atoms with Crippen LogP contribution in [0.25, 0.3) is 0 Å². The average molecular weight is 414 g/mol. The summed E-state index contributed by atoms with van der Waals surface area (Å²) < 4.78 is 21.4. The SMILES string of the molecule is COCCOCCOc1ccc(COC2=C(Cl)C(O)N(C(C)(C)C)N=C2)cn1. The van der Waals surface area contributed by atoms with Gasteiger partial charge in [0.1, 0.15) is 18.2 Å². The van der Waals surface area contributed by atoms with Crippen molar-refractivity contribution in [3.63, 3.8) is 0 Å². The molecule has 0 bridgehead atoms. The van der Waals surface area contributed by atoms with E-state index in [0.717, 1.165) is 5.56 Å². The number of pyridine rings is 1. The molecule has 0 aliphatic carbocycles. The first-order valence-electron chi connectivity index (χ1n) is 9.01. The zero-order chi connectivity index (χ0) is 20.6. The lowest BCUT2D eigenvalue weighted by atomic mass is 10.1. The van der Waals surface area contributed by atoms with Crippen LogP contribution in [0.3, 0.4) is 0 Å². The number of allylic oxidation sites excluding steroid dienone is 1. The van der Waals surface area contributed by atoms with Crippen LogP contribution in [0.4, 0.5) is 0 Å². The third kappa shape index (κ3) is 6.63. The number of aliphatic hydroxyl groups is 1. The fourth-order valence-electron chi connectivity index (χ4n) is 2.31. The summed E-state index contributed by atoms with van der Waals surface area (Å²) in [7, 11) is 1.63. The first-order valence-corrected chi connectivity index (χ1v) is 9.39. The monoisotopic (exact) mass is 413 g/mol. The number of methoxy groups -OCH3 is 1. The molecule has 0 saturated carbocycles. The predicted molar refractivity (Wildman–Crippen MR) is 106 cm³/mol. The van der Waals surface area contributed by atoms with Crippen molar-refractivity contribution < 1.29 is 24.1 Å². The number of aromatic nitrogens is 1. The van der Waals surface area contributed by atoms with Gasteiger partial charge in [-0.05, 0) is 26.8 Å². The van der Waals surface area contributed by atoms with Crippen molar-refractivity contribution in [3.05, 3.63) is 34.7 Å². The summed E-state index contributed by atoms with van der Waals surface area (Å²) in [4.78, 5) is 4.23. The molecular weight excluding hydrogens is 386 g/mol. The maximum absolute atomic E-state index is 10.3. The van der Waals surface area contributed by atoms with Gasteiger partial charge in [-0.3, -0.25) is 5.01 Å². The maximum Gasteiger partial charge on any atom is 0.213 e. The summed E-state index contributed by atoms with van der Waals surface area (Å²) in [6.45, 7) is 8.02. The van der Waals surface area contributed by atoms with E-state index in [2.05, 4.69) is 10.1 Å². The van der Waals surface area contributed by atoms with E-state index < -0.39 is 6.23 Å². The summed E-state index contributed by atoms with van der Waals surface area (Å²) in [5.74, 6) is 0.843. The topological polar surface area (TPSA) is 85.6 Å². The van der Waals surface area contributed by atoms with Gasteiger partial charge in [-0.25, -0.2) is 4.98 Å². The second-order valence-corrected chi connectivity index (χ2v) is 7.50. The quantitative estimate of drug-likeness (QED) is 0.590.